The SMILES string of the molecule is CN(c1ccccc1)S(=O)(=O)c1cccc(C(=O)N2CCC[C@@H]2c2ccc3c(c2)OCCCO3)c1. The molecule has 0 aromatic heterocycles. The second kappa shape index (κ2) is 9.62. The number of carbonyl (C=O) groups excluding carboxylic acids is 1. The van der Waals surface area contributed by atoms with Crippen LogP contribution in [0, 0.1) is 0 Å². The summed E-state index contributed by atoms with van der Waals surface area (Å²) in [5.74, 6) is 1.25. The van der Waals surface area contributed by atoms with Gasteiger partial charge in [0.15, 0.2) is 11.5 Å². The molecule has 0 saturated carbocycles. The molecule has 1 atom stereocenters. The van der Waals surface area contributed by atoms with Crippen LogP contribution < -0.4 is 13.8 Å². The second-order valence-corrected chi connectivity index (χ2v) is 10.7. The van der Waals surface area contributed by atoms with E-state index in [1.54, 1.807) is 36.4 Å². The first-order valence-corrected chi connectivity index (χ1v) is 13.2. The number of benzene rings is 3. The fourth-order valence-electron chi connectivity index (χ4n) is 4.63. The van der Waals surface area contributed by atoms with Gasteiger partial charge in [-0.2, -0.15) is 0 Å². The molecule has 0 bridgehead atoms. The van der Waals surface area contributed by atoms with Crippen molar-refractivity contribution in [1.82, 2.24) is 4.90 Å². The second-order valence-electron chi connectivity index (χ2n) is 8.75. The van der Waals surface area contributed by atoms with Crippen molar-refractivity contribution in [2.45, 2.75) is 30.2 Å². The van der Waals surface area contributed by atoms with E-state index in [0.717, 1.165) is 30.6 Å². The van der Waals surface area contributed by atoms with Gasteiger partial charge in [-0.15, -0.1) is 0 Å². The van der Waals surface area contributed by atoms with Crippen LogP contribution in [0.2, 0.25) is 0 Å². The molecule has 3 aromatic carbocycles. The number of nitrogens with zero attached hydrogens (tertiary/aromatic N) is 2. The fourth-order valence-corrected chi connectivity index (χ4v) is 5.88. The van der Waals surface area contributed by atoms with E-state index in [1.807, 2.05) is 29.2 Å². The van der Waals surface area contributed by atoms with E-state index >= 15 is 0 Å². The highest BCUT2D eigenvalue weighted by Crippen LogP contribution is 2.38. The Labute approximate surface area is 205 Å². The van der Waals surface area contributed by atoms with E-state index < -0.39 is 10.0 Å². The Hall–Kier alpha value is -3.52. The molecule has 2 aliphatic rings. The van der Waals surface area contributed by atoms with Crippen molar-refractivity contribution >= 4 is 21.6 Å². The zero-order valence-corrected chi connectivity index (χ0v) is 20.4. The van der Waals surface area contributed by atoms with Gasteiger partial charge in [-0.25, -0.2) is 8.42 Å². The molecule has 0 aliphatic carbocycles. The predicted molar refractivity (Wildman–Crippen MR) is 134 cm³/mol. The highest BCUT2D eigenvalue weighted by molar-refractivity contribution is 7.92. The molecule has 0 radical (unpaired) electrons. The number of likely N-dealkylation sites (tertiary alicyclic amines) is 1. The molecule has 7 nitrogen and oxygen atoms in total. The van der Waals surface area contributed by atoms with Gasteiger partial charge in [0.25, 0.3) is 15.9 Å². The average molecular weight is 493 g/mol. The van der Waals surface area contributed by atoms with Gasteiger partial charge in [-0.3, -0.25) is 9.10 Å². The Bertz CT molecular complexity index is 1330. The Morgan fingerprint density at radius 2 is 1.69 bits per heavy atom. The van der Waals surface area contributed by atoms with E-state index in [0.29, 0.717) is 36.8 Å². The van der Waals surface area contributed by atoms with Crippen molar-refractivity contribution in [3.63, 3.8) is 0 Å². The van der Waals surface area contributed by atoms with Gasteiger partial charge in [0.05, 0.1) is 29.8 Å². The molecule has 0 N–H and O–H groups in total. The zero-order valence-electron chi connectivity index (χ0n) is 19.6. The summed E-state index contributed by atoms with van der Waals surface area (Å²) in [7, 11) is -2.31. The smallest absolute Gasteiger partial charge is 0.264 e. The molecule has 2 aliphatic heterocycles. The molecule has 5 rings (SSSR count). The molecule has 1 fully saturated rings. The summed E-state index contributed by atoms with van der Waals surface area (Å²) in [5, 5.41) is 0. The highest BCUT2D eigenvalue weighted by atomic mass is 32.2. The molecule has 0 unspecified atom stereocenters. The van der Waals surface area contributed by atoms with Gasteiger partial charge in [0.1, 0.15) is 0 Å². The van der Waals surface area contributed by atoms with Crippen LogP contribution in [0.3, 0.4) is 0 Å². The van der Waals surface area contributed by atoms with Crippen molar-refractivity contribution in [3.8, 4) is 11.5 Å². The average Bonchev–Trinajstić information content (AvgIpc) is 3.27. The summed E-state index contributed by atoms with van der Waals surface area (Å²) in [6, 6.07) is 20.9. The fraction of sp³-hybridized carbons (Fsp3) is 0.296. The minimum Gasteiger partial charge on any atom is -0.490 e. The number of para-hydroxylation sites is 1. The maximum Gasteiger partial charge on any atom is 0.264 e. The number of ether oxygens (including phenoxy) is 2. The Morgan fingerprint density at radius 3 is 2.49 bits per heavy atom. The third kappa shape index (κ3) is 4.58. The van der Waals surface area contributed by atoms with Crippen molar-refractivity contribution in [3.05, 3.63) is 83.9 Å². The molecule has 0 spiro atoms. The van der Waals surface area contributed by atoms with Gasteiger partial charge in [-0.05, 0) is 60.9 Å². The van der Waals surface area contributed by atoms with Crippen molar-refractivity contribution in [2.75, 3.05) is 31.1 Å². The summed E-state index contributed by atoms with van der Waals surface area (Å²) in [4.78, 5) is 15.5. The maximum absolute atomic E-state index is 13.6. The number of hydrogen-bond donors (Lipinski definition) is 0. The number of carbonyl (C=O) groups is 1. The molecular formula is C27H28N2O5S. The van der Waals surface area contributed by atoms with Crippen LogP contribution in [0.15, 0.2) is 77.7 Å². The number of anilines is 1. The predicted octanol–water partition coefficient (Wildman–Crippen LogP) is 4.65. The quantitative estimate of drug-likeness (QED) is 0.518. The first-order chi connectivity index (χ1) is 16.9. The summed E-state index contributed by atoms with van der Waals surface area (Å²) in [6.07, 6.45) is 2.54. The van der Waals surface area contributed by atoms with Gasteiger partial charge in [0.2, 0.25) is 0 Å². The molecule has 182 valence electrons. The number of sulfonamides is 1. The van der Waals surface area contributed by atoms with Crippen LogP contribution in [-0.4, -0.2) is 46.0 Å². The van der Waals surface area contributed by atoms with Gasteiger partial charge in [-0.1, -0.05) is 30.3 Å². The third-order valence-corrected chi connectivity index (χ3v) is 8.31. The monoisotopic (exact) mass is 492 g/mol. The minimum atomic E-state index is -3.82. The van der Waals surface area contributed by atoms with E-state index in [4.69, 9.17) is 9.47 Å². The number of fused-ring (bicyclic) bond motifs is 1. The lowest BCUT2D eigenvalue weighted by atomic mass is 10.0. The van der Waals surface area contributed by atoms with Crippen LogP contribution in [0.1, 0.15) is 41.2 Å². The molecule has 2 heterocycles. The topological polar surface area (TPSA) is 76.2 Å². The standard InChI is InChI=1S/C27H28N2O5S/c1-28(22-9-3-2-4-10-22)35(31,32)23-11-5-8-21(18-23)27(30)29-15-6-12-24(29)20-13-14-25-26(19-20)34-17-7-16-33-25/h2-5,8-11,13-14,18-19,24H,6-7,12,15-17H2,1H3/t24-/m1/s1. The Morgan fingerprint density at radius 1 is 0.914 bits per heavy atom. The van der Waals surface area contributed by atoms with E-state index in [-0.39, 0.29) is 16.8 Å². The van der Waals surface area contributed by atoms with Crippen LogP contribution >= 0.6 is 0 Å². The maximum atomic E-state index is 13.6. The first kappa shape index (κ1) is 23.2. The summed E-state index contributed by atoms with van der Waals surface area (Å²) >= 11 is 0. The minimum absolute atomic E-state index is 0.0843. The molecule has 1 amide bonds. The lowest BCUT2D eigenvalue weighted by Gasteiger charge is -2.26. The first-order valence-electron chi connectivity index (χ1n) is 11.8. The lowest BCUT2D eigenvalue weighted by molar-refractivity contribution is 0.0735. The molecular weight excluding hydrogens is 464 g/mol. The van der Waals surface area contributed by atoms with E-state index in [2.05, 4.69) is 0 Å². The number of amides is 1. The number of rotatable bonds is 5. The highest BCUT2D eigenvalue weighted by Gasteiger charge is 2.32. The molecule has 3 aromatic rings. The van der Waals surface area contributed by atoms with Crippen LogP contribution in [0.25, 0.3) is 0 Å². The normalized spacial score (nSPS) is 17.6. The van der Waals surface area contributed by atoms with Crippen molar-refractivity contribution in [2.24, 2.45) is 0 Å². The lowest BCUT2D eigenvalue weighted by Crippen LogP contribution is -2.31. The van der Waals surface area contributed by atoms with E-state index in [9.17, 15) is 13.2 Å². The van der Waals surface area contributed by atoms with Gasteiger partial charge >= 0.3 is 0 Å². The molecule has 35 heavy (non-hydrogen) atoms. The summed E-state index contributed by atoms with van der Waals surface area (Å²) in [5.41, 5.74) is 1.90. The van der Waals surface area contributed by atoms with Crippen LogP contribution in [-0.2, 0) is 10.0 Å². The largest absolute Gasteiger partial charge is 0.490 e. The summed E-state index contributed by atoms with van der Waals surface area (Å²) < 4.78 is 39.3. The molecule has 8 heteroatoms. The molecule has 1 saturated heterocycles. The van der Waals surface area contributed by atoms with Gasteiger partial charge in [0, 0.05) is 25.6 Å². The van der Waals surface area contributed by atoms with Crippen molar-refractivity contribution < 1.29 is 22.7 Å². The zero-order chi connectivity index (χ0) is 24.4. The Kier molecular flexibility index (Phi) is 6.38. The van der Waals surface area contributed by atoms with Gasteiger partial charge < -0.3 is 14.4 Å². The van der Waals surface area contributed by atoms with Crippen LogP contribution in [0.4, 0.5) is 5.69 Å². The number of hydrogen-bond acceptors (Lipinski definition) is 5. The van der Waals surface area contributed by atoms with E-state index in [1.165, 1.54) is 23.5 Å². The summed E-state index contributed by atoms with van der Waals surface area (Å²) in [6.45, 7) is 1.83. The van der Waals surface area contributed by atoms with Crippen LogP contribution in [0.5, 0.6) is 11.5 Å². The van der Waals surface area contributed by atoms with Crippen molar-refractivity contribution in [1.29, 1.82) is 0 Å². The Balaban J connectivity index is 1.41. The third-order valence-electron chi connectivity index (χ3n) is 6.53.